The van der Waals surface area contributed by atoms with Crippen LogP contribution in [0.15, 0.2) is 60.7 Å². The summed E-state index contributed by atoms with van der Waals surface area (Å²) in [6, 6.07) is 17.8. The molecule has 1 N–H and O–H groups in total. The first-order chi connectivity index (χ1) is 9.27. The number of fused-ring (bicyclic) bond motifs is 1. The van der Waals surface area contributed by atoms with Crippen molar-refractivity contribution in [1.29, 1.82) is 0 Å². The van der Waals surface area contributed by atoms with Crippen LogP contribution in [-0.2, 0) is 4.79 Å². The SMILES string of the molecule is O=C(O)[C@@H]1C=Cc2ccccc2[C@H]1c1ccccc1. The third-order valence-corrected chi connectivity index (χ3v) is 3.62. The van der Waals surface area contributed by atoms with Crippen molar-refractivity contribution in [2.45, 2.75) is 5.92 Å². The van der Waals surface area contributed by atoms with E-state index in [1.165, 1.54) is 0 Å². The van der Waals surface area contributed by atoms with Gasteiger partial charge in [-0.3, -0.25) is 4.79 Å². The lowest BCUT2D eigenvalue weighted by atomic mass is 9.75. The summed E-state index contributed by atoms with van der Waals surface area (Å²) in [7, 11) is 0. The van der Waals surface area contributed by atoms with Crippen molar-refractivity contribution in [2.75, 3.05) is 0 Å². The summed E-state index contributed by atoms with van der Waals surface area (Å²) >= 11 is 0. The lowest BCUT2D eigenvalue weighted by Gasteiger charge is -2.27. The molecule has 94 valence electrons. The molecule has 0 aromatic heterocycles. The van der Waals surface area contributed by atoms with Crippen LogP contribution in [0.25, 0.3) is 6.08 Å². The molecule has 0 bridgehead atoms. The molecule has 0 radical (unpaired) electrons. The van der Waals surface area contributed by atoms with Gasteiger partial charge in [0.15, 0.2) is 0 Å². The molecular formula is C17H14O2. The molecule has 2 heteroatoms. The standard InChI is InChI=1S/C17H14O2/c18-17(19)15-11-10-12-6-4-5-9-14(12)16(15)13-7-2-1-3-8-13/h1-11,15-16H,(H,18,19)/t15-,16-/m1/s1. The Morgan fingerprint density at radius 1 is 0.947 bits per heavy atom. The summed E-state index contributed by atoms with van der Waals surface area (Å²) in [6.07, 6.45) is 3.70. The maximum Gasteiger partial charge on any atom is 0.311 e. The zero-order valence-electron chi connectivity index (χ0n) is 10.4. The Labute approximate surface area is 112 Å². The number of carboxylic acids is 1. The maximum atomic E-state index is 11.5. The first-order valence-electron chi connectivity index (χ1n) is 6.32. The topological polar surface area (TPSA) is 37.3 Å². The van der Waals surface area contributed by atoms with Crippen LogP contribution in [0.2, 0.25) is 0 Å². The second kappa shape index (κ2) is 4.73. The fourth-order valence-corrected chi connectivity index (χ4v) is 2.73. The average molecular weight is 250 g/mol. The van der Waals surface area contributed by atoms with Gasteiger partial charge in [-0.1, -0.05) is 66.7 Å². The predicted octanol–water partition coefficient (Wildman–Crippen LogP) is 3.55. The highest BCUT2D eigenvalue weighted by atomic mass is 16.4. The third-order valence-electron chi connectivity index (χ3n) is 3.62. The average Bonchev–Trinajstić information content (AvgIpc) is 2.46. The Balaban J connectivity index is 2.16. The maximum absolute atomic E-state index is 11.5. The van der Waals surface area contributed by atoms with Gasteiger partial charge in [0.1, 0.15) is 0 Å². The fraction of sp³-hybridized carbons (Fsp3) is 0.118. The lowest BCUT2D eigenvalue weighted by molar-refractivity contribution is -0.140. The number of carbonyl (C=O) groups is 1. The highest BCUT2D eigenvalue weighted by molar-refractivity contribution is 5.79. The molecule has 1 aliphatic rings. The molecule has 2 atom stereocenters. The number of benzene rings is 2. The quantitative estimate of drug-likeness (QED) is 0.885. The molecule has 0 spiro atoms. The molecule has 3 rings (SSSR count). The zero-order chi connectivity index (χ0) is 13.2. The van der Waals surface area contributed by atoms with E-state index < -0.39 is 11.9 Å². The Hall–Kier alpha value is -2.35. The number of carboxylic acid groups (broad SMARTS) is 1. The predicted molar refractivity (Wildman–Crippen MR) is 74.9 cm³/mol. The van der Waals surface area contributed by atoms with Gasteiger partial charge >= 0.3 is 5.97 Å². The molecule has 0 fully saturated rings. The van der Waals surface area contributed by atoms with Gasteiger partial charge < -0.3 is 5.11 Å². The molecule has 2 aromatic rings. The van der Waals surface area contributed by atoms with Crippen molar-refractivity contribution in [3.05, 3.63) is 77.4 Å². The molecule has 0 aliphatic heterocycles. The molecule has 2 nitrogen and oxygen atoms in total. The molecule has 0 unspecified atom stereocenters. The number of hydrogen-bond donors (Lipinski definition) is 1. The molecule has 0 amide bonds. The summed E-state index contributed by atoms with van der Waals surface area (Å²) in [5.41, 5.74) is 3.24. The molecule has 0 saturated heterocycles. The molecule has 1 aliphatic carbocycles. The van der Waals surface area contributed by atoms with Crippen molar-refractivity contribution in [3.63, 3.8) is 0 Å². The minimum atomic E-state index is -0.778. The van der Waals surface area contributed by atoms with E-state index in [0.29, 0.717) is 0 Å². The van der Waals surface area contributed by atoms with Crippen LogP contribution < -0.4 is 0 Å². The van der Waals surface area contributed by atoms with Gasteiger partial charge in [0, 0.05) is 5.92 Å². The van der Waals surface area contributed by atoms with Gasteiger partial charge in [0.2, 0.25) is 0 Å². The molecule has 0 saturated carbocycles. The van der Waals surface area contributed by atoms with Crippen LogP contribution in [0.1, 0.15) is 22.6 Å². The van der Waals surface area contributed by atoms with Gasteiger partial charge in [-0.25, -0.2) is 0 Å². The van der Waals surface area contributed by atoms with Crippen LogP contribution in [0.5, 0.6) is 0 Å². The highest BCUT2D eigenvalue weighted by Gasteiger charge is 2.32. The van der Waals surface area contributed by atoms with Gasteiger partial charge in [-0.2, -0.15) is 0 Å². The Bertz CT molecular complexity index is 629. The van der Waals surface area contributed by atoms with E-state index >= 15 is 0 Å². The van der Waals surface area contributed by atoms with Crippen molar-refractivity contribution in [1.82, 2.24) is 0 Å². The van der Waals surface area contributed by atoms with Crippen LogP contribution in [-0.4, -0.2) is 11.1 Å². The van der Waals surface area contributed by atoms with E-state index in [1.54, 1.807) is 6.08 Å². The highest BCUT2D eigenvalue weighted by Crippen LogP contribution is 2.39. The smallest absolute Gasteiger partial charge is 0.311 e. The van der Waals surface area contributed by atoms with Gasteiger partial charge in [-0.05, 0) is 16.7 Å². The Morgan fingerprint density at radius 3 is 2.37 bits per heavy atom. The van der Waals surface area contributed by atoms with Gasteiger partial charge in [0.25, 0.3) is 0 Å². The first-order valence-corrected chi connectivity index (χ1v) is 6.32. The van der Waals surface area contributed by atoms with Gasteiger partial charge in [-0.15, -0.1) is 0 Å². The van der Waals surface area contributed by atoms with Crippen LogP contribution in [0, 0.1) is 5.92 Å². The fourth-order valence-electron chi connectivity index (χ4n) is 2.73. The van der Waals surface area contributed by atoms with E-state index in [9.17, 15) is 9.90 Å². The van der Waals surface area contributed by atoms with Crippen molar-refractivity contribution < 1.29 is 9.90 Å². The minimum Gasteiger partial charge on any atom is -0.481 e. The van der Waals surface area contributed by atoms with E-state index in [-0.39, 0.29) is 5.92 Å². The van der Waals surface area contributed by atoms with Crippen LogP contribution >= 0.6 is 0 Å². The Morgan fingerprint density at radius 2 is 1.63 bits per heavy atom. The van der Waals surface area contributed by atoms with Crippen molar-refractivity contribution in [2.24, 2.45) is 5.92 Å². The van der Waals surface area contributed by atoms with E-state index in [4.69, 9.17) is 0 Å². The Kier molecular flexibility index (Phi) is 2.92. The summed E-state index contributed by atoms with van der Waals surface area (Å²) < 4.78 is 0. The summed E-state index contributed by atoms with van der Waals surface area (Å²) in [6.45, 7) is 0. The number of aliphatic carboxylic acids is 1. The number of hydrogen-bond acceptors (Lipinski definition) is 1. The van der Waals surface area contributed by atoms with Crippen molar-refractivity contribution >= 4 is 12.0 Å². The molecule has 19 heavy (non-hydrogen) atoms. The van der Waals surface area contributed by atoms with Crippen LogP contribution in [0.3, 0.4) is 0 Å². The lowest BCUT2D eigenvalue weighted by Crippen LogP contribution is -2.24. The first kappa shape index (κ1) is 11.7. The second-order valence-corrected chi connectivity index (χ2v) is 4.74. The largest absolute Gasteiger partial charge is 0.481 e. The van der Waals surface area contributed by atoms with E-state index in [0.717, 1.165) is 16.7 Å². The van der Waals surface area contributed by atoms with Crippen molar-refractivity contribution in [3.8, 4) is 0 Å². The molecule has 0 heterocycles. The van der Waals surface area contributed by atoms with E-state index in [1.807, 2.05) is 60.7 Å². The minimum absolute atomic E-state index is 0.111. The molecule has 2 aromatic carbocycles. The number of rotatable bonds is 2. The van der Waals surface area contributed by atoms with Crippen LogP contribution in [0.4, 0.5) is 0 Å². The van der Waals surface area contributed by atoms with E-state index in [2.05, 4.69) is 0 Å². The molecular weight excluding hydrogens is 236 g/mol. The zero-order valence-corrected chi connectivity index (χ0v) is 10.4. The summed E-state index contributed by atoms with van der Waals surface area (Å²) in [5, 5.41) is 9.44. The normalized spacial score (nSPS) is 20.8. The summed E-state index contributed by atoms with van der Waals surface area (Å²) in [5.74, 6) is -1.39. The van der Waals surface area contributed by atoms with Gasteiger partial charge in [0.05, 0.1) is 5.92 Å². The monoisotopic (exact) mass is 250 g/mol. The third kappa shape index (κ3) is 2.06. The second-order valence-electron chi connectivity index (χ2n) is 4.74. The summed E-state index contributed by atoms with van der Waals surface area (Å²) in [4.78, 5) is 11.5.